The second-order valence-electron chi connectivity index (χ2n) is 11.7. The van der Waals surface area contributed by atoms with Gasteiger partial charge in [-0.15, -0.1) is 0 Å². The van der Waals surface area contributed by atoms with Crippen molar-refractivity contribution < 1.29 is 19.8 Å². The zero-order valence-corrected chi connectivity index (χ0v) is 21.0. The van der Waals surface area contributed by atoms with Gasteiger partial charge in [0.25, 0.3) is 0 Å². The van der Waals surface area contributed by atoms with Gasteiger partial charge >= 0.3 is 5.97 Å². The first-order valence-electron chi connectivity index (χ1n) is 13.3. The molecule has 2 spiro atoms. The highest BCUT2D eigenvalue weighted by atomic mass is 16.4. The smallest absolute Gasteiger partial charge is 0.334 e. The van der Waals surface area contributed by atoms with Gasteiger partial charge < -0.3 is 26.2 Å². The first-order valence-corrected chi connectivity index (χ1v) is 13.3. The van der Waals surface area contributed by atoms with Crippen molar-refractivity contribution in [1.29, 1.82) is 0 Å². The number of allylic oxidation sites excluding steroid dienone is 1. The van der Waals surface area contributed by atoms with Crippen molar-refractivity contribution in [2.45, 2.75) is 76.4 Å². The summed E-state index contributed by atoms with van der Waals surface area (Å²) in [4.78, 5) is 31.6. The number of nitrogens with two attached hydrogens (primary N) is 1. The van der Waals surface area contributed by atoms with E-state index in [0.29, 0.717) is 25.2 Å². The number of carbonyl (C=O) groups excluding carboxylic acids is 1. The van der Waals surface area contributed by atoms with E-state index in [9.17, 15) is 19.8 Å². The number of aliphatic imine (C=N–C) groups is 1. The van der Waals surface area contributed by atoms with Crippen molar-refractivity contribution >= 4 is 18.2 Å². The van der Waals surface area contributed by atoms with Crippen LogP contribution in [0.25, 0.3) is 0 Å². The Kier molecular flexibility index (Phi) is 6.11. The molecular weight excluding hydrogens is 444 g/mol. The summed E-state index contributed by atoms with van der Waals surface area (Å²) in [5.41, 5.74) is 4.47. The number of hydrogen-bond acceptors (Lipinski definition) is 5. The van der Waals surface area contributed by atoms with Gasteiger partial charge in [0, 0.05) is 30.1 Å². The Labute approximate surface area is 207 Å². The molecule has 3 saturated carbocycles. The van der Waals surface area contributed by atoms with Crippen molar-refractivity contribution in [3.63, 3.8) is 0 Å². The maximum atomic E-state index is 12.4. The number of aliphatic carboxylic acids is 1. The highest BCUT2D eigenvalue weighted by Gasteiger charge is 2.75. The van der Waals surface area contributed by atoms with Gasteiger partial charge in [-0.3, -0.25) is 4.79 Å². The molecule has 0 saturated heterocycles. The van der Waals surface area contributed by atoms with Gasteiger partial charge in [0.15, 0.2) is 17.8 Å². The van der Waals surface area contributed by atoms with Crippen LogP contribution in [-0.2, 0) is 9.59 Å². The molecule has 2 bridgehead atoms. The van der Waals surface area contributed by atoms with Crippen molar-refractivity contribution in [2.24, 2.45) is 39.3 Å². The number of rotatable bonds is 5. The summed E-state index contributed by atoms with van der Waals surface area (Å²) in [7, 11) is 1.94. The Hall–Kier alpha value is -2.19. The fourth-order valence-corrected chi connectivity index (χ4v) is 8.86. The first-order chi connectivity index (χ1) is 16.7. The van der Waals surface area contributed by atoms with Gasteiger partial charge in [-0.05, 0) is 68.9 Å². The van der Waals surface area contributed by atoms with Gasteiger partial charge in [0.2, 0.25) is 0 Å². The molecule has 6 atom stereocenters. The van der Waals surface area contributed by atoms with Crippen LogP contribution in [0.3, 0.4) is 0 Å². The molecule has 0 radical (unpaired) electrons. The molecule has 35 heavy (non-hydrogen) atoms. The average molecular weight is 485 g/mol. The van der Waals surface area contributed by atoms with Crippen LogP contribution < -0.4 is 11.1 Å². The van der Waals surface area contributed by atoms with Crippen molar-refractivity contribution in [3.8, 4) is 0 Å². The van der Waals surface area contributed by atoms with Crippen molar-refractivity contribution in [1.82, 2.24) is 10.2 Å². The number of carboxylic acid groups (broad SMARTS) is 1. The average Bonchev–Trinajstić information content (AvgIpc) is 3.19. The van der Waals surface area contributed by atoms with Crippen molar-refractivity contribution in [3.05, 3.63) is 23.4 Å². The van der Waals surface area contributed by atoms with Crippen LogP contribution in [0.1, 0.15) is 64.7 Å². The zero-order valence-electron chi connectivity index (χ0n) is 21.0. The second-order valence-corrected chi connectivity index (χ2v) is 11.7. The molecular formula is C27H40N4O4. The molecule has 6 unspecified atom stereocenters. The molecule has 5 aliphatic rings. The molecule has 3 fully saturated rings. The Morgan fingerprint density at radius 2 is 2.03 bits per heavy atom. The SMILES string of the molecule is CNCC1C=CN(C(N)=NC2CCCCC2)CC12C1CCC(C)C23CC(O)(C=O)C(C(=O)O)=C3C1. The van der Waals surface area contributed by atoms with E-state index in [0.717, 1.165) is 37.8 Å². The van der Waals surface area contributed by atoms with Gasteiger partial charge in [0.05, 0.1) is 11.6 Å². The lowest BCUT2D eigenvalue weighted by Crippen LogP contribution is -2.62. The molecule has 0 aromatic rings. The summed E-state index contributed by atoms with van der Waals surface area (Å²) in [5.74, 6) is -0.123. The maximum Gasteiger partial charge on any atom is 0.334 e. The normalized spacial score (nSPS) is 41.5. The number of aliphatic hydroxyl groups is 1. The summed E-state index contributed by atoms with van der Waals surface area (Å²) in [6.07, 6.45) is 13.2. The van der Waals surface area contributed by atoms with Gasteiger partial charge in [-0.2, -0.15) is 0 Å². The number of carbonyl (C=O) groups is 2. The van der Waals surface area contributed by atoms with Crippen LogP contribution in [0.5, 0.6) is 0 Å². The second kappa shape index (κ2) is 8.73. The molecule has 0 aromatic carbocycles. The van der Waals surface area contributed by atoms with Crippen LogP contribution >= 0.6 is 0 Å². The predicted molar refractivity (Wildman–Crippen MR) is 133 cm³/mol. The minimum Gasteiger partial charge on any atom is -0.478 e. The van der Waals surface area contributed by atoms with Gasteiger partial charge in [-0.25, -0.2) is 9.79 Å². The Balaban J connectivity index is 1.63. The van der Waals surface area contributed by atoms with E-state index in [4.69, 9.17) is 10.7 Å². The fraction of sp³-hybridized carbons (Fsp3) is 0.741. The monoisotopic (exact) mass is 484 g/mol. The van der Waals surface area contributed by atoms with Crippen molar-refractivity contribution in [2.75, 3.05) is 20.1 Å². The molecule has 0 aromatic heterocycles. The minimum atomic E-state index is -1.96. The molecule has 5 N–H and O–H groups in total. The number of nitrogens with one attached hydrogen (secondary N) is 1. The molecule has 5 rings (SSSR count). The van der Waals surface area contributed by atoms with E-state index in [1.54, 1.807) is 0 Å². The van der Waals surface area contributed by atoms with Crippen LogP contribution in [0, 0.1) is 28.6 Å². The lowest BCUT2D eigenvalue weighted by molar-refractivity contribution is -0.141. The number of aldehydes is 1. The largest absolute Gasteiger partial charge is 0.478 e. The highest BCUT2D eigenvalue weighted by Crippen LogP contribution is 2.76. The molecule has 192 valence electrons. The molecule has 4 aliphatic carbocycles. The van der Waals surface area contributed by atoms with E-state index < -0.39 is 17.0 Å². The van der Waals surface area contributed by atoms with Crippen LogP contribution in [0.4, 0.5) is 0 Å². The van der Waals surface area contributed by atoms with Crippen LogP contribution in [0.2, 0.25) is 0 Å². The number of hydrogen-bond donors (Lipinski definition) is 4. The molecule has 8 nitrogen and oxygen atoms in total. The molecule has 0 amide bonds. The summed E-state index contributed by atoms with van der Waals surface area (Å²) < 4.78 is 0. The third kappa shape index (κ3) is 3.35. The highest BCUT2D eigenvalue weighted by molar-refractivity contribution is 5.98. The quantitative estimate of drug-likeness (QED) is 0.268. The summed E-state index contributed by atoms with van der Waals surface area (Å²) in [6.45, 7) is 3.54. The van der Waals surface area contributed by atoms with Crippen LogP contribution in [0.15, 0.2) is 28.4 Å². The number of carboxylic acids is 1. The summed E-state index contributed by atoms with van der Waals surface area (Å²) in [6, 6.07) is 0.254. The zero-order chi connectivity index (χ0) is 25.0. The lowest BCUT2D eigenvalue weighted by Gasteiger charge is -2.60. The number of nitrogens with zero attached hydrogens (tertiary/aromatic N) is 2. The van der Waals surface area contributed by atoms with E-state index in [-0.39, 0.29) is 41.2 Å². The third-order valence-electron chi connectivity index (χ3n) is 10.2. The van der Waals surface area contributed by atoms with E-state index >= 15 is 0 Å². The maximum absolute atomic E-state index is 12.4. The van der Waals surface area contributed by atoms with Gasteiger partial charge in [-0.1, -0.05) is 32.3 Å². The Bertz CT molecular complexity index is 986. The Morgan fingerprint density at radius 3 is 2.69 bits per heavy atom. The standard InChI is InChI=1S/C27H40N4O4/c1-17-8-9-18-12-21-22(23(33)34)25(35,16-32)14-26(17,21)27(18)15-31(11-10-19(27)13-29-2)24(28)30-20-6-4-3-5-7-20/h10-11,16-20,29,35H,3-9,12-15H2,1-2H3,(H2,28,30)(H,33,34). The van der Waals surface area contributed by atoms with E-state index in [1.807, 2.05) is 13.2 Å². The molecule has 1 aliphatic heterocycles. The third-order valence-corrected chi connectivity index (χ3v) is 10.2. The van der Waals surface area contributed by atoms with Crippen LogP contribution in [-0.4, -0.2) is 65.1 Å². The fourth-order valence-electron chi connectivity index (χ4n) is 8.86. The lowest BCUT2D eigenvalue weighted by atomic mass is 9.46. The van der Waals surface area contributed by atoms with Gasteiger partial charge in [0.1, 0.15) is 0 Å². The number of guanidine groups is 1. The summed E-state index contributed by atoms with van der Waals surface area (Å²) in [5, 5.41) is 24.9. The Morgan fingerprint density at radius 1 is 1.29 bits per heavy atom. The van der Waals surface area contributed by atoms with E-state index in [2.05, 4.69) is 23.2 Å². The molecule has 1 heterocycles. The molecule has 8 heteroatoms. The first kappa shape index (κ1) is 24.5. The minimum absolute atomic E-state index is 0.0729. The topological polar surface area (TPSA) is 128 Å². The summed E-state index contributed by atoms with van der Waals surface area (Å²) >= 11 is 0. The van der Waals surface area contributed by atoms with E-state index in [1.165, 1.54) is 19.3 Å². The predicted octanol–water partition coefficient (Wildman–Crippen LogP) is 2.44.